The normalized spacial score (nSPS) is 12.1. The van der Waals surface area contributed by atoms with Crippen molar-refractivity contribution in [3.63, 3.8) is 0 Å². The van der Waals surface area contributed by atoms with E-state index >= 15 is 0 Å². The summed E-state index contributed by atoms with van der Waals surface area (Å²) >= 11 is 0. The molecule has 0 bridgehead atoms. The highest BCUT2D eigenvalue weighted by atomic mass is 32.2. The zero-order valence-electron chi connectivity index (χ0n) is 34.5. The molecule has 10 rings (SSSR count). The van der Waals surface area contributed by atoms with Gasteiger partial charge in [-0.25, -0.2) is 9.59 Å². The summed E-state index contributed by atoms with van der Waals surface area (Å²) in [4.78, 5) is 33.5. The van der Waals surface area contributed by atoms with E-state index in [2.05, 4.69) is 121 Å². The van der Waals surface area contributed by atoms with Crippen molar-refractivity contribution in [1.29, 1.82) is 0 Å². The SMILES string of the molecule is O=C(Oc1ccc([S+](c2ccccc2)c2cccc(-c3cccc([S+](c4ccccc4)c4ccc(OC(=O)c5cccc6ccccc56)cc4)c3)c2)cc1)c1ccc2ccccc2c1. The second-order valence-electron chi connectivity index (χ2n) is 15.1. The maximum atomic E-state index is 13.4. The van der Waals surface area contributed by atoms with Gasteiger partial charge >= 0.3 is 11.9 Å². The lowest BCUT2D eigenvalue weighted by Gasteiger charge is -2.12. The van der Waals surface area contributed by atoms with Crippen LogP contribution in [-0.4, -0.2) is 11.9 Å². The number of carbonyl (C=O) groups is 2. The summed E-state index contributed by atoms with van der Waals surface area (Å²) < 4.78 is 11.8. The van der Waals surface area contributed by atoms with Crippen molar-refractivity contribution >= 4 is 55.3 Å². The molecule has 4 nitrogen and oxygen atoms in total. The van der Waals surface area contributed by atoms with Crippen molar-refractivity contribution in [2.75, 3.05) is 0 Å². The van der Waals surface area contributed by atoms with E-state index in [9.17, 15) is 9.59 Å². The third-order valence-electron chi connectivity index (χ3n) is 11.0. The third-order valence-corrected chi connectivity index (χ3v) is 15.4. The summed E-state index contributed by atoms with van der Waals surface area (Å²) in [5.74, 6) is 0.219. The van der Waals surface area contributed by atoms with Crippen LogP contribution in [0.15, 0.2) is 272 Å². The fourth-order valence-corrected chi connectivity index (χ4v) is 12.1. The van der Waals surface area contributed by atoms with E-state index < -0.39 is 21.8 Å². The zero-order valence-corrected chi connectivity index (χ0v) is 36.2. The van der Waals surface area contributed by atoms with Gasteiger partial charge < -0.3 is 9.47 Å². The van der Waals surface area contributed by atoms with E-state index in [-0.39, 0.29) is 11.9 Å². The van der Waals surface area contributed by atoms with Crippen LogP contribution in [0, 0.1) is 0 Å². The molecule has 0 radical (unpaired) electrons. The van der Waals surface area contributed by atoms with Crippen molar-refractivity contribution in [2.24, 2.45) is 0 Å². The first-order valence-electron chi connectivity index (χ1n) is 20.9. The molecule has 0 heterocycles. The largest absolute Gasteiger partial charge is 0.423 e. The molecule has 0 aliphatic carbocycles. The predicted octanol–water partition coefficient (Wildman–Crippen LogP) is 14.3. The van der Waals surface area contributed by atoms with Crippen LogP contribution in [0.3, 0.4) is 0 Å². The summed E-state index contributed by atoms with van der Waals surface area (Å²) in [5.41, 5.74) is 3.27. The lowest BCUT2D eigenvalue weighted by atomic mass is 10.0. The van der Waals surface area contributed by atoms with Gasteiger partial charge in [-0.05, 0) is 136 Å². The van der Waals surface area contributed by atoms with Crippen molar-refractivity contribution < 1.29 is 19.1 Å². The van der Waals surface area contributed by atoms with E-state index in [4.69, 9.17) is 9.47 Å². The maximum Gasteiger partial charge on any atom is 0.344 e. The van der Waals surface area contributed by atoms with Gasteiger partial charge in [0.1, 0.15) is 11.5 Å². The molecule has 0 saturated heterocycles. The van der Waals surface area contributed by atoms with Crippen LogP contribution in [0.4, 0.5) is 0 Å². The molecule has 10 aromatic carbocycles. The fourth-order valence-electron chi connectivity index (χ4n) is 7.87. The topological polar surface area (TPSA) is 52.6 Å². The molecule has 0 N–H and O–H groups in total. The maximum absolute atomic E-state index is 13.4. The van der Waals surface area contributed by atoms with E-state index in [1.54, 1.807) is 0 Å². The van der Waals surface area contributed by atoms with Gasteiger partial charge in [-0.1, -0.05) is 127 Å². The van der Waals surface area contributed by atoms with Crippen LogP contribution in [0.25, 0.3) is 32.7 Å². The zero-order chi connectivity index (χ0) is 43.2. The lowest BCUT2D eigenvalue weighted by molar-refractivity contribution is 0.0726. The number of hydrogen-bond acceptors (Lipinski definition) is 4. The average molecular weight is 865 g/mol. The van der Waals surface area contributed by atoms with Crippen LogP contribution in [0.2, 0.25) is 0 Å². The van der Waals surface area contributed by atoms with Crippen LogP contribution >= 0.6 is 0 Å². The Balaban J connectivity index is 0.926. The average Bonchev–Trinajstić information content (AvgIpc) is 3.36. The first-order valence-corrected chi connectivity index (χ1v) is 23.4. The lowest BCUT2D eigenvalue weighted by Crippen LogP contribution is -2.09. The molecule has 10 aromatic rings. The number of benzene rings is 10. The highest BCUT2D eigenvalue weighted by Gasteiger charge is 2.31. The highest BCUT2D eigenvalue weighted by Crippen LogP contribution is 2.37. The van der Waals surface area contributed by atoms with E-state index in [1.165, 1.54) is 19.6 Å². The van der Waals surface area contributed by atoms with Gasteiger partial charge in [-0.2, -0.15) is 0 Å². The van der Waals surface area contributed by atoms with Gasteiger partial charge in [0.15, 0.2) is 29.4 Å². The minimum absolute atomic E-state index is 0.382. The minimum Gasteiger partial charge on any atom is -0.423 e. The number of rotatable bonds is 11. The van der Waals surface area contributed by atoms with Gasteiger partial charge in [0, 0.05) is 12.1 Å². The number of esters is 2. The van der Waals surface area contributed by atoms with Gasteiger partial charge in [0.2, 0.25) is 0 Å². The highest BCUT2D eigenvalue weighted by molar-refractivity contribution is 7.97. The molecule has 0 saturated carbocycles. The molecule has 0 aliphatic rings. The van der Waals surface area contributed by atoms with Gasteiger partial charge in [-0.15, -0.1) is 0 Å². The Morgan fingerprint density at radius 1 is 0.312 bits per heavy atom. The second-order valence-corrected chi connectivity index (χ2v) is 19.2. The summed E-state index contributed by atoms with van der Waals surface area (Å²) in [5, 5.41) is 3.93. The first kappa shape index (κ1) is 40.4. The second kappa shape index (κ2) is 18.4. The van der Waals surface area contributed by atoms with Crippen molar-refractivity contribution in [2.45, 2.75) is 29.4 Å². The van der Waals surface area contributed by atoms with Crippen molar-refractivity contribution in [3.05, 3.63) is 254 Å². The fraction of sp³-hybridized carbons (Fsp3) is 0. The molecule has 0 fully saturated rings. The number of fused-ring (bicyclic) bond motifs is 2. The summed E-state index contributed by atoms with van der Waals surface area (Å²) in [6.45, 7) is 0. The molecular formula is C58H40O4S2+2. The molecule has 0 amide bonds. The predicted molar refractivity (Wildman–Crippen MR) is 260 cm³/mol. The van der Waals surface area contributed by atoms with Crippen molar-refractivity contribution in [3.8, 4) is 22.6 Å². The smallest absolute Gasteiger partial charge is 0.344 e. The van der Waals surface area contributed by atoms with Crippen molar-refractivity contribution in [1.82, 2.24) is 0 Å². The molecule has 0 aromatic heterocycles. The number of ether oxygens (including phenoxy) is 2. The number of hydrogen-bond donors (Lipinski definition) is 0. The molecular weight excluding hydrogens is 825 g/mol. The Morgan fingerprint density at radius 3 is 1.33 bits per heavy atom. The van der Waals surface area contributed by atoms with Crippen LogP contribution in [0.5, 0.6) is 11.5 Å². The standard InChI is InChI=1S/C58H40O4S2/c59-57(46-29-28-41-14-7-8-16-43(41)38-46)61-47-30-34-51(35-31-47)63(49-20-3-1-4-21-49)53-24-11-18-44(39-53)45-19-12-25-54(40-45)64(50-22-5-2-6-23-50)52-36-32-48(33-37-52)62-58(60)56-27-13-17-42-15-9-10-26-55(42)56/h1-40H/q+2. The Kier molecular flexibility index (Phi) is 11.6. The third kappa shape index (κ3) is 8.70. The summed E-state index contributed by atoms with van der Waals surface area (Å²) in [6.07, 6.45) is 0. The Labute approximate surface area is 378 Å². The Bertz CT molecular complexity index is 3260. The van der Waals surface area contributed by atoms with E-state index in [1.807, 2.05) is 121 Å². The Morgan fingerprint density at radius 2 is 0.750 bits per heavy atom. The quantitative estimate of drug-likeness (QED) is 0.0738. The minimum atomic E-state index is -0.448. The molecule has 2 unspecified atom stereocenters. The molecule has 0 aliphatic heterocycles. The van der Waals surface area contributed by atoms with E-state index in [0.717, 1.165) is 42.5 Å². The van der Waals surface area contributed by atoms with Crippen LogP contribution < -0.4 is 9.47 Å². The number of carbonyl (C=O) groups excluding carboxylic acids is 2. The monoisotopic (exact) mass is 864 g/mol. The van der Waals surface area contributed by atoms with E-state index in [0.29, 0.717) is 22.6 Å². The molecule has 306 valence electrons. The molecule has 0 spiro atoms. The first-order chi connectivity index (χ1) is 31.5. The van der Waals surface area contributed by atoms with Gasteiger partial charge in [0.05, 0.1) is 32.9 Å². The van der Waals surface area contributed by atoms with Gasteiger partial charge in [-0.3, -0.25) is 0 Å². The molecule has 6 heteroatoms. The van der Waals surface area contributed by atoms with Crippen LogP contribution in [-0.2, 0) is 21.8 Å². The van der Waals surface area contributed by atoms with Gasteiger partial charge in [0.25, 0.3) is 0 Å². The summed E-state index contributed by atoms with van der Waals surface area (Å²) in [7, 11) is -0.894. The van der Waals surface area contributed by atoms with Crippen LogP contribution in [0.1, 0.15) is 20.7 Å². The molecule has 64 heavy (non-hydrogen) atoms. The Hall–Kier alpha value is -7.64. The molecule has 2 atom stereocenters. The summed E-state index contributed by atoms with van der Waals surface area (Å²) in [6, 6.07) is 81.6.